The number of nitrogens with one attached hydrogen (secondary N) is 1. The van der Waals surface area contributed by atoms with Crippen LogP contribution in [0.4, 0.5) is 11.4 Å². The lowest BCUT2D eigenvalue weighted by molar-refractivity contribution is -0.385. The molecule has 1 atom stereocenters. The lowest BCUT2D eigenvalue weighted by Gasteiger charge is -2.24. The average Bonchev–Trinajstić information content (AvgIpc) is 2.65. The Morgan fingerprint density at radius 2 is 1.68 bits per heavy atom. The summed E-state index contributed by atoms with van der Waals surface area (Å²) in [7, 11) is -7.27. The summed E-state index contributed by atoms with van der Waals surface area (Å²) in [6.07, 6.45) is 1.99. The van der Waals surface area contributed by atoms with Crippen molar-refractivity contribution in [3.8, 4) is 0 Å². The number of rotatable bonds is 8. The Morgan fingerprint density at radius 1 is 1.10 bits per heavy atom. The number of amides is 1. The van der Waals surface area contributed by atoms with Crippen molar-refractivity contribution in [2.45, 2.75) is 24.8 Å². The second kappa shape index (κ2) is 9.02. The van der Waals surface area contributed by atoms with E-state index in [0.717, 1.165) is 16.8 Å². The van der Waals surface area contributed by atoms with Gasteiger partial charge < -0.3 is 5.32 Å². The molecule has 31 heavy (non-hydrogen) atoms. The van der Waals surface area contributed by atoms with Crippen molar-refractivity contribution in [2.24, 2.45) is 0 Å². The summed E-state index contributed by atoms with van der Waals surface area (Å²) >= 11 is 0. The Morgan fingerprint density at radius 3 is 2.16 bits per heavy atom. The summed E-state index contributed by atoms with van der Waals surface area (Å²) in [6.45, 7) is 2.50. The van der Waals surface area contributed by atoms with Crippen LogP contribution in [0.2, 0.25) is 0 Å². The number of benzene rings is 2. The molecule has 168 valence electrons. The molecule has 0 spiro atoms. The third kappa shape index (κ3) is 6.01. The SMILES string of the molecule is Cc1c(N(CC(=O)NC(C)c2ccc(S(C)(=O)=O)cc2)S(C)(=O)=O)cccc1[N+](=O)[O-]. The molecule has 0 aliphatic heterocycles. The normalized spacial score (nSPS) is 12.8. The van der Waals surface area contributed by atoms with Crippen LogP contribution in [-0.2, 0) is 24.7 Å². The molecule has 0 heterocycles. The molecule has 1 amide bonds. The van der Waals surface area contributed by atoms with E-state index >= 15 is 0 Å². The minimum atomic E-state index is -3.92. The molecule has 0 aromatic heterocycles. The lowest BCUT2D eigenvalue weighted by atomic mass is 10.1. The standard InChI is InChI=1S/C19H23N3O7S2/c1-13-17(6-5-7-18(13)22(24)25)21(31(4,28)29)12-19(23)20-14(2)15-8-10-16(11-9-15)30(3,26)27/h5-11,14H,12H2,1-4H3,(H,20,23). The number of sulfonamides is 1. The predicted molar refractivity (Wildman–Crippen MR) is 116 cm³/mol. The molecule has 2 rings (SSSR count). The minimum Gasteiger partial charge on any atom is -0.348 e. The van der Waals surface area contributed by atoms with Crippen molar-refractivity contribution >= 4 is 37.1 Å². The molecule has 1 N–H and O–H groups in total. The summed E-state index contributed by atoms with van der Waals surface area (Å²) in [4.78, 5) is 23.3. The maximum absolute atomic E-state index is 12.6. The number of carbonyl (C=O) groups excluding carboxylic acids is 1. The van der Waals surface area contributed by atoms with Gasteiger partial charge in [-0.1, -0.05) is 18.2 Å². The van der Waals surface area contributed by atoms with Gasteiger partial charge in [0.15, 0.2) is 9.84 Å². The van der Waals surface area contributed by atoms with Gasteiger partial charge in [-0.3, -0.25) is 19.2 Å². The Bertz CT molecular complexity index is 1210. The van der Waals surface area contributed by atoms with Crippen molar-refractivity contribution in [1.29, 1.82) is 0 Å². The highest BCUT2D eigenvalue weighted by molar-refractivity contribution is 7.92. The van der Waals surface area contributed by atoms with E-state index in [2.05, 4.69) is 5.32 Å². The van der Waals surface area contributed by atoms with Crippen LogP contribution < -0.4 is 9.62 Å². The fourth-order valence-electron chi connectivity index (χ4n) is 2.97. The molecule has 12 heteroatoms. The number of hydrogen-bond donors (Lipinski definition) is 1. The molecule has 0 aliphatic rings. The van der Waals surface area contributed by atoms with Gasteiger partial charge in [0.2, 0.25) is 15.9 Å². The van der Waals surface area contributed by atoms with Gasteiger partial charge in [0, 0.05) is 12.3 Å². The summed E-state index contributed by atoms with van der Waals surface area (Å²) in [6, 6.07) is 9.41. The van der Waals surface area contributed by atoms with E-state index in [9.17, 15) is 31.7 Å². The maximum atomic E-state index is 12.6. The molecule has 2 aromatic carbocycles. The van der Waals surface area contributed by atoms with Crippen molar-refractivity contribution in [1.82, 2.24) is 5.32 Å². The zero-order valence-corrected chi connectivity index (χ0v) is 19.0. The smallest absolute Gasteiger partial charge is 0.274 e. The first kappa shape index (κ1) is 24.3. The fourth-order valence-corrected chi connectivity index (χ4v) is 4.50. The molecule has 0 radical (unpaired) electrons. The van der Waals surface area contributed by atoms with E-state index in [0.29, 0.717) is 5.56 Å². The van der Waals surface area contributed by atoms with Crippen molar-refractivity contribution in [3.05, 3.63) is 63.7 Å². The average molecular weight is 470 g/mol. The van der Waals surface area contributed by atoms with Gasteiger partial charge >= 0.3 is 0 Å². The van der Waals surface area contributed by atoms with Gasteiger partial charge in [-0.2, -0.15) is 0 Å². The first-order valence-corrected chi connectivity index (χ1v) is 12.8. The van der Waals surface area contributed by atoms with Crippen LogP contribution in [0.3, 0.4) is 0 Å². The first-order chi connectivity index (χ1) is 14.2. The summed E-state index contributed by atoms with van der Waals surface area (Å²) < 4.78 is 48.5. The van der Waals surface area contributed by atoms with Crippen molar-refractivity contribution in [3.63, 3.8) is 0 Å². The highest BCUT2D eigenvalue weighted by Gasteiger charge is 2.26. The van der Waals surface area contributed by atoms with E-state index in [1.165, 1.54) is 37.3 Å². The summed E-state index contributed by atoms with van der Waals surface area (Å²) in [5, 5.41) is 13.8. The molecule has 1 unspecified atom stereocenters. The number of hydrogen-bond acceptors (Lipinski definition) is 7. The van der Waals surface area contributed by atoms with Crippen LogP contribution in [0.25, 0.3) is 0 Å². The topological polar surface area (TPSA) is 144 Å². The fraction of sp³-hybridized carbons (Fsp3) is 0.316. The molecule has 10 nitrogen and oxygen atoms in total. The Hall–Kier alpha value is -2.99. The lowest BCUT2D eigenvalue weighted by Crippen LogP contribution is -2.41. The molecular weight excluding hydrogens is 446 g/mol. The Kier molecular flexibility index (Phi) is 7.06. The second-order valence-corrected chi connectivity index (χ2v) is 11.0. The number of nitrogens with zero attached hydrogens (tertiary/aromatic N) is 2. The highest BCUT2D eigenvalue weighted by atomic mass is 32.2. The second-order valence-electron chi connectivity index (χ2n) is 7.08. The quantitative estimate of drug-likeness (QED) is 0.459. The largest absolute Gasteiger partial charge is 0.348 e. The predicted octanol–water partition coefficient (Wildman–Crippen LogP) is 1.95. The first-order valence-electron chi connectivity index (χ1n) is 9.03. The van der Waals surface area contributed by atoms with Crippen LogP contribution in [0, 0.1) is 17.0 Å². The van der Waals surface area contributed by atoms with E-state index in [4.69, 9.17) is 0 Å². The number of carbonyl (C=O) groups is 1. The number of nitro benzene ring substituents is 1. The van der Waals surface area contributed by atoms with Crippen LogP contribution >= 0.6 is 0 Å². The Balaban J connectivity index is 2.25. The summed E-state index contributed by atoms with van der Waals surface area (Å²) in [5.41, 5.74) is 0.524. The number of anilines is 1. The highest BCUT2D eigenvalue weighted by Crippen LogP contribution is 2.29. The van der Waals surface area contributed by atoms with Crippen LogP contribution in [0.5, 0.6) is 0 Å². The zero-order chi connectivity index (χ0) is 23.6. The van der Waals surface area contributed by atoms with Crippen LogP contribution in [0.15, 0.2) is 47.4 Å². The molecule has 0 saturated carbocycles. The van der Waals surface area contributed by atoms with Gasteiger partial charge in [-0.05, 0) is 37.6 Å². The third-order valence-electron chi connectivity index (χ3n) is 4.62. The minimum absolute atomic E-state index is 0.0389. The van der Waals surface area contributed by atoms with Gasteiger partial charge in [0.05, 0.1) is 33.4 Å². The van der Waals surface area contributed by atoms with Gasteiger partial charge in [0.25, 0.3) is 5.69 Å². The molecule has 0 bridgehead atoms. The third-order valence-corrected chi connectivity index (χ3v) is 6.87. The molecule has 0 fully saturated rings. The van der Waals surface area contributed by atoms with Crippen molar-refractivity contribution < 1.29 is 26.6 Å². The van der Waals surface area contributed by atoms with Gasteiger partial charge in [-0.15, -0.1) is 0 Å². The maximum Gasteiger partial charge on any atom is 0.274 e. The summed E-state index contributed by atoms with van der Waals surface area (Å²) in [5.74, 6) is -0.629. The van der Waals surface area contributed by atoms with Crippen LogP contribution in [0.1, 0.15) is 24.1 Å². The van der Waals surface area contributed by atoms with E-state index in [-0.39, 0.29) is 21.8 Å². The number of nitro groups is 1. The van der Waals surface area contributed by atoms with Crippen molar-refractivity contribution in [2.75, 3.05) is 23.4 Å². The number of sulfone groups is 1. The van der Waals surface area contributed by atoms with Gasteiger partial charge in [-0.25, -0.2) is 16.8 Å². The molecule has 2 aromatic rings. The molecule has 0 saturated heterocycles. The Labute approximate surface area is 181 Å². The molecular formula is C19H23N3O7S2. The van der Waals surface area contributed by atoms with E-state index in [1.807, 2.05) is 0 Å². The van der Waals surface area contributed by atoms with Crippen LogP contribution in [-0.4, -0.2) is 46.7 Å². The van der Waals surface area contributed by atoms with E-state index < -0.39 is 43.3 Å². The van der Waals surface area contributed by atoms with Gasteiger partial charge in [0.1, 0.15) is 6.54 Å². The monoisotopic (exact) mass is 469 g/mol. The molecule has 0 aliphatic carbocycles. The van der Waals surface area contributed by atoms with E-state index in [1.54, 1.807) is 19.1 Å². The zero-order valence-electron chi connectivity index (χ0n) is 17.4.